The van der Waals surface area contributed by atoms with Crippen molar-refractivity contribution >= 4 is 33.4 Å². The smallest absolute Gasteiger partial charge is 0.317 e. The second-order valence-electron chi connectivity index (χ2n) is 7.32. The van der Waals surface area contributed by atoms with Gasteiger partial charge in [-0.15, -0.1) is 0 Å². The number of carbonyl (C=O) groups is 1. The monoisotopic (exact) mass is 382 g/mol. The number of pyridine rings is 1. The molecule has 2 aromatic heterocycles. The molecule has 2 amide bonds. The molecule has 5 heteroatoms. The maximum Gasteiger partial charge on any atom is 0.317 e. The normalized spacial score (nSPS) is 14.2. The molecular weight excluding hydrogens is 360 g/mol. The highest BCUT2D eigenvalue weighted by Crippen LogP contribution is 2.28. The molecular formula is C24H22N4O. The number of urea groups is 1. The minimum absolute atomic E-state index is 0.0196. The number of nitrogens with zero attached hydrogens (tertiary/aromatic N) is 2. The first-order valence-electron chi connectivity index (χ1n) is 9.90. The van der Waals surface area contributed by atoms with E-state index in [1.807, 2.05) is 35.4 Å². The van der Waals surface area contributed by atoms with Gasteiger partial charge in [0.25, 0.3) is 0 Å². The third-order valence-electron chi connectivity index (χ3n) is 5.60. The van der Waals surface area contributed by atoms with Crippen LogP contribution >= 0.6 is 0 Å². The highest BCUT2D eigenvalue weighted by atomic mass is 16.2. The van der Waals surface area contributed by atoms with Crippen molar-refractivity contribution in [3.05, 3.63) is 84.2 Å². The zero-order valence-corrected chi connectivity index (χ0v) is 16.1. The Balaban J connectivity index is 1.26. The summed E-state index contributed by atoms with van der Waals surface area (Å²) in [5.41, 5.74) is 4.49. The van der Waals surface area contributed by atoms with E-state index < -0.39 is 0 Å². The summed E-state index contributed by atoms with van der Waals surface area (Å²) in [5, 5.41) is 6.59. The van der Waals surface area contributed by atoms with Crippen LogP contribution in [0.3, 0.4) is 0 Å². The van der Waals surface area contributed by atoms with Gasteiger partial charge in [-0.25, -0.2) is 9.78 Å². The largest absolute Gasteiger partial charge is 0.346 e. The Hall–Kier alpha value is -3.60. The molecule has 0 unspecified atom stereocenters. The lowest BCUT2D eigenvalue weighted by molar-refractivity contribution is 0.202. The first kappa shape index (κ1) is 17.5. The van der Waals surface area contributed by atoms with Crippen molar-refractivity contribution in [1.82, 2.24) is 20.2 Å². The van der Waals surface area contributed by atoms with Crippen molar-refractivity contribution < 1.29 is 4.79 Å². The van der Waals surface area contributed by atoms with Gasteiger partial charge in [-0.05, 0) is 40.5 Å². The van der Waals surface area contributed by atoms with Gasteiger partial charge in [-0.1, -0.05) is 48.5 Å². The summed E-state index contributed by atoms with van der Waals surface area (Å²) in [6.45, 7) is 1.85. The third kappa shape index (κ3) is 3.36. The fourth-order valence-corrected chi connectivity index (χ4v) is 4.05. The van der Waals surface area contributed by atoms with E-state index in [2.05, 4.69) is 51.7 Å². The van der Waals surface area contributed by atoms with Crippen molar-refractivity contribution in [2.75, 3.05) is 13.1 Å². The Bertz CT molecular complexity index is 1220. The van der Waals surface area contributed by atoms with E-state index in [0.717, 1.165) is 23.0 Å². The number of aromatic amines is 1. The minimum atomic E-state index is -0.0196. The van der Waals surface area contributed by atoms with Gasteiger partial charge in [0.15, 0.2) is 0 Å². The summed E-state index contributed by atoms with van der Waals surface area (Å²) in [7, 11) is 0. The van der Waals surface area contributed by atoms with Crippen LogP contribution in [0.4, 0.5) is 4.79 Å². The van der Waals surface area contributed by atoms with Crippen molar-refractivity contribution in [3.63, 3.8) is 0 Å². The molecule has 0 fully saturated rings. The Morgan fingerprint density at radius 2 is 1.93 bits per heavy atom. The van der Waals surface area contributed by atoms with Crippen LogP contribution in [0.25, 0.3) is 27.4 Å². The first-order valence-corrected chi connectivity index (χ1v) is 9.90. The minimum Gasteiger partial charge on any atom is -0.346 e. The van der Waals surface area contributed by atoms with E-state index >= 15 is 0 Å². The molecule has 2 aromatic carbocycles. The molecule has 4 aromatic rings. The number of hydrogen-bond acceptors (Lipinski definition) is 2. The van der Waals surface area contributed by atoms with Crippen LogP contribution in [-0.4, -0.2) is 34.0 Å². The predicted octanol–water partition coefficient (Wildman–Crippen LogP) is 4.72. The Labute approximate surface area is 169 Å². The van der Waals surface area contributed by atoms with Crippen LogP contribution in [-0.2, 0) is 6.54 Å². The average molecular weight is 382 g/mol. The molecule has 0 radical (unpaired) electrons. The first-order chi connectivity index (χ1) is 14.3. The van der Waals surface area contributed by atoms with Gasteiger partial charge < -0.3 is 15.2 Å². The van der Waals surface area contributed by atoms with Crippen molar-refractivity contribution in [3.8, 4) is 0 Å². The SMILES string of the molecule is O=C(NCc1cccc2ccccc12)N1CC=C(c2c[nH]c3ncccc23)CC1. The topological polar surface area (TPSA) is 61.0 Å². The van der Waals surface area contributed by atoms with E-state index in [9.17, 15) is 4.79 Å². The number of rotatable bonds is 3. The van der Waals surface area contributed by atoms with Crippen molar-refractivity contribution in [2.24, 2.45) is 0 Å². The fourth-order valence-electron chi connectivity index (χ4n) is 4.05. The Morgan fingerprint density at radius 3 is 2.83 bits per heavy atom. The summed E-state index contributed by atoms with van der Waals surface area (Å²) in [6.07, 6.45) is 6.79. The maximum atomic E-state index is 12.7. The number of benzene rings is 2. The van der Waals surface area contributed by atoms with E-state index in [0.29, 0.717) is 19.6 Å². The van der Waals surface area contributed by atoms with Gasteiger partial charge in [0, 0.05) is 43.0 Å². The molecule has 0 saturated carbocycles. The molecule has 0 spiro atoms. The quantitative estimate of drug-likeness (QED) is 0.539. The summed E-state index contributed by atoms with van der Waals surface area (Å²) in [4.78, 5) is 22.1. The number of aromatic nitrogens is 2. The summed E-state index contributed by atoms with van der Waals surface area (Å²) >= 11 is 0. The molecule has 1 aliphatic rings. The van der Waals surface area contributed by atoms with Crippen LogP contribution in [0.15, 0.2) is 73.1 Å². The molecule has 0 aliphatic carbocycles. The van der Waals surface area contributed by atoms with Crippen LogP contribution in [0.5, 0.6) is 0 Å². The molecule has 1 aliphatic heterocycles. The number of nitrogens with one attached hydrogen (secondary N) is 2. The lowest BCUT2D eigenvalue weighted by Gasteiger charge is -2.26. The Morgan fingerprint density at radius 1 is 1.07 bits per heavy atom. The van der Waals surface area contributed by atoms with Gasteiger partial charge in [0.05, 0.1) is 0 Å². The molecule has 0 bridgehead atoms. The number of amides is 2. The second-order valence-corrected chi connectivity index (χ2v) is 7.32. The molecule has 29 heavy (non-hydrogen) atoms. The summed E-state index contributed by atoms with van der Waals surface area (Å²) in [6, 6.07) is 18.5. The van der Waals surface area contributed by atoms with Gasteiger partial charge in [-0.3, -0.25) is 0 Å². The van der Waals surface area contributed by atoms with Crippen LogP contribution < -0.4 is 5.32 Å². The van der Waals surface area contributed by atoms with E-state index in [4.69, 9.17) is 0 Å². The average Bonchev–Trinajstić information content (AvgIpc) is 3.22. The summed E-state index contributed by atoms with van der Waals surface area (Å²) in [5.74, 6) is 0. The molecule has 144 valence electrons. The Kier molecular flexibility index (Phi) is 4.48. The second kappa shape index (κ2) is 7.43. The molecule has 5 nitrogen and oxygen atoms in total. The maximum absolute atomic E-state index is 12.7. The van der Waals surface area contributed by atoms with E-state index in [1.54, 1.807) is 6.20 Å². The van der Waals surface area contributed by atoms with Crippen molar-refractivity contribution in [1.29, 1.82) is 0 Å². The van der Waals surface area contributed by atoms with E-state index in [-0.39, 0.29) is 6.03 Å². The third-order valence-corrected chi connectivity index (χ3v) is 5.60. The lowest BCUT2D eigenvalue weighted by Crippen LogP contribution is -2.41. The molecule has 0 atom stereocenters. The van der Waals surface area contributed by atoms with Gasteiger partial charge in [-0.2, -0.15) is 0 Å². The number of fused-ring (bicyclic) bond motifs is 2. The molecule has 2 N–H and O–H groups in total. The fraction of sp³-hybridized carbons (Fsp3) is 0.167. The zero-order valence-electron chi connectivity index (χ0n) is 16.1. The zero-order chi connectivity index (χ0) is 19.6. The van der Waals surface area contributed by atoms with Crippen LogP contribution in [0.1, 0.15) is 17.5 Å². The highest BCUT2D eigenvalue weighted by molar-refractivity contribution is 5.91. The van der Waals surface area contributed by atoms with Crippen molar-refractivity contribution in [2.45, 2.75) is 13.0 Å². The number of hydrogen-bond donors (Lipinski definition) is 2. The van der Waals surface area contributed by atoms with Gasteiger partial charge in [0.1, 0.15) is 5.65 Å². The lowest BCUT2D eigenvalue weighted by atomic mass is 10.00. The van der Waals surface area contributed by atoms with Gasteiger partial charge >= 0.3 is 6.03 Å². The number of H-pyrrole nitrogens is 1. The standard InChI is InChI=1S/C24H22N4O/c29-24(27-15-19-7-3-6-17-5-1-2-8-20(17)19)28-13-10-18(11-14-28)22-16-26-23-21(22)9-4-12-25-23/h1-10,12,16H,11,13-15H2,(H,25,26)(H,27,29). The molecule has 3 heterocycles. The summed E-state index contributed by atoms with van der Waals surface area (Å²) < 4.78 is 0. The molecule has 0 saturated heterocycles. The highest BCUT2D eigenvalue weighted by Gasteiger charge is 2.19. The van der Waals surface area contributed by atoms with Crippen LogP contribution in [0, 0.1) is 0 Å². The predicted molar refractivity (Wildman–Crippen MR) is 116 cm³/mol. The molecule has 5 rings (SSSR count). The number of carbonyl (C=O) groups excluding carboxylic acids is 1. The van der Waals surface area contributed by atoms with Crippen LogP contribution in [0.2, 0.25) is 0 Å². The van der Waals surface area contributed by atoms with Gasteiger partial charge in [0.2, 0.25) is 0 Å². The van der Waals surface area contributed by atoms with E-state index in [1.165, 1.54) is 21.9 Å².